The molecule has 2 saturated heterocycles. The molecule has 1 saturated carbocycles. The highest BCUT2D eigenvalue weighted by Gasteiger charge is 2.54. The van der Waals surface area contributed by atoms with Crippen LogP contribution in [0.3, 0.4) is 0 Å². The molecular formula is C31H50O5S2Si. The third-order valence-corrected chi connectivity index (χ3v) is 17.3. The average molecular weight is 595 g/mol. The van der Waals surface area contributed by atoms with Crippen LogP contribution >= 0.6 is 23.5 Å². The first-order valence-corrected chi connectivity index (χ1v) is 19.7. The van der Waals surface area contributed by atoms with Gasteiger partial charge in [-0.2, -0.15) is 0 Å². The van der Waals surface area contributed by atoms with Crippen molar-refractivity contribution in [3.63, 3.8) is 0 Å². The average Bonchev–Trinajstić information content (AvgIpc) is 3.23. The molecule has 1 aliphatic carbocycles. The fourth-order valence-electron chi connectivity index (χ4n) is 5.96. The first kappa shape index (κ1) is 31.1. The number of ether oxygens (including phenoxy) is 3. The maximum absolute atomic E-state index is 12.9. The van der Waals surface area contributed by atoms with Gasteiger partial charge in [0.2, 0.25) is 6.29 Å². The second kappa shape index (κ2) is 12.2. The summed E-state index contributed by atoms with van der Waals surface area (Å²) in [5, 5.41) is 0.0643. The molecule has 5 nitrogen and oxygen atoms in total. The van der Waals surface area contributed by atoms with Crippen molar-refractivity contribution >= 4 is 37.8 Å². The van der Waals surface area contributed by atoms with E-state index in [1.807, 2.05) is 29.6 Å². The summed E-state index contributed by atoms with van der Waals surface area (Å²) in [6.45, 7) is 18.2. The molecule has 2 aliphatic heterocycles. The lowest BCUT2D eigenvalue weighted by Crippen LogP contribution is -2.44. The maximum Gasteiger partial charge on any atom is 0.308 e. The minimum atomic E-state index is -2.10. The van der Waals surface area contributed by atoms with Crippen LogP contribution in [0, 0.1) is 23.7 Å². The van der Waals surface area contributed by atoms with Gasteiger partial charge in [0.05, 0.1) is 29.6 Å². The molecule has 0 radical (unpaired) electrons. The van der Waals surface area contributed by atoms with E-state index in [0.717, 1.165) is 35.8 Å². The number of hydrogen-bond donors (Lipinski definition) is 0. The number of thioether (sulfide) groups is 2. The summed E-state index contributed by atoms with van der Waals surface area (Å²) >= 11 is 3.90. The molecule has 4 rings (SSSR count). The van der Waals surface area contributed by atoms with Crippen LogP contribution in [-0.2, 0) is 18.3 Å². The third-order valence-electron chi connectivity index (χ3n) is 9.38. The van der Waals surface area contributed by atoms with Crippen molar-refractivity contribution < 1.29 is 23.4 Å². The fourth-order valence-corrected chi connectivity index (χ4v) is 10.6. The SMILES string of the molecule is COc1ccc(C2([C@@H]3CC(=O)O[C@H]3O[C@@H]3C[C@H](C)CC[C@H]3C(C)C)SCCCS2)cc1O[Si](C)(C)C(C)(C)C. The molecule has 2 heterocycles. The highest BCUT2D eigenvalue weighted by atomic mass is 32.2. The topological polar surface area (TPSA) is 54.0 Å². The van der Waals surface area contributed by atoms with Gasteiger partial charge in [-0.3, -0.25) is 4.79 Å². The Bertz CT molecular complexity index is 1000. The molecule has 1 aromatic rings. The Labute approximate surface area is 246 Å². The Balaban J connectivity index is 1.71. The van der Waals surface area contributed by atoms with Crippen LogP contribution in [0.4, 0.5) is 0 Å². The Morgan fingerprint density at radius 1 is 1.10 bits per heavy atom. The number of esters is 1. The molecule has 3 fully saturated rings. The molecule has 3 aliphatic rings. The molecule has 0 bridgehead atoms. The molecule has 1 aromatic carbocycles. The molecule has 0 aromatic heterocycles. The van der Waals surface area contributed by atoms with Gasteiger partial charge in [-0.1, -0.05) is 54.0 Å². The van der Waals surface area contributed by atoms with Gasteiger partial charge in [-0.05, 0) is 84.4 Å². The molecule has 0 N–H and O–H groups in total. The van der Waals surface area contributed by atoms with Gasteiger partial charge in [-0.25, -0.2) is 0 Å². The highest BCUT2D eigenvalue weighted by molar-refractivity contribution is 8.18. The molecule has 0 spiro atoms. The summed E-state index contributed by atoms with van der Waals surface area (Å²) in [6, 6.07) is 6.40. The molecule has 0 amide bonds. The minimum absolute atomic E-state index is 0.0643. The van der Waals surface area contributed by atoms with Gasteiger partial charge >= 0.3 is 5.97 Å². The zero-order valence-corrected chi connectivity index (χ0v) is 28.1. The van der Waals surface area contributed by atoms with Gasteiger partial charge < -0.3 is 18.6 Å². The number of benzene rings is 1. The third kappa shape index (κ3) is 6.65. The van der Waals surface area contributed by atoms with Gasteiger partial charge in [0.1, 0.15) is 5.75 Å². The monoisotopic (exact) mass is 594 g/mol. The van der Waals surface area contributed by atoms with E-state index in [-0.39, 0.29) is 27.1 Å². The van der Waals surface area contributed by atoms with Crippen molar-refractivity contribution in [2.75, 3.05) is 18.6 Å². The second-order valence-corrected chi connectivity index (χ2v) is 21.3. The van der Waals surface area contributed by atoms with Crippen molar-refractivity contribution in [2.24, 2.45) is 23.7 Å². The smallest absolute Gasteiger partial charge is 0.308 e. The Hall–Kier alpha value is -0.833. The van der Waals surface area contributed by atoms with Gasteiger partial charge in [0.25, 0.3) is 8.32 Å². The fraction of sp³-hybridized carbons (Fsp3) is 0.774. The summed E-state index contributed by atoms with van der Waals surface area (Å²) in [5.41, 5.74) is 1.17. The first-order chi connectivity index (χ1) is 18.3. The largest absolute Gasteiger partial charge is 0.541 e. The lowest BCUT2D eigenvalue weighted by atomic mass is 9.75. The second-order valence-electron chi connectivity index (χ2n) is 13.6. The molecule has 8 heteroatoms. The maximum atomic E-state index is 12.9. The predicted octanol–water partition coefficient (Wildman–Crippen LogP) is 8.47. The van der Waals surface area contributed by atoms with Crippen molar-refractivity contribution in [2.45, 2.75) is 108 Å². The summed E-state index contributed by atoms with van der Waals surface area (Å²) in [7, 11) is -0.392. The summed E-state index contributed by atoms with van der Waals surface area (Å²) in [5.74, 6) is 5.10. The van der Waals surface area contributed by atoms with E-state index in [0.29, 0.717) is 24.2 Å². The molecular weight excluding hydrogens is 545 g/mol. The van der Waals surface area contributed by atoms with E-state index < -0.39 is 14.6 Å². The number of methoxy groups -OCH3 is 1. The number of hydrogen-bond acceptors (Lipinski definition) is 7. The lowest BCUT2D eigenvalue weighted by molar-refractivity contribution is -0.196. The molecule has 5 atom stereocenters. The highest BCUT2D eigenvalue weighted by Crippen LogP contribution is 2.60. The van der Waals surface area contributed by atoms with Crippen LogP contribution < -0.4 is 9.16 Å². The number of carbonyl (C=O) groups is 1. The van der Waals surface area contributed by atoms with Crippen molar-refractivity contribution in [3.8, 4) is 11.5 Å². The Morgan fingerprint density at radius 3 is 2.41 bits per heavy atom. The first-order valence-electron chi connectivity index (χ1n) is 14.8. The van der Waals surface area contributed by atoms with Crippen LogP contribution in [0.5, 0.6) is 11.5 Å². The van der Waals surface area contributed by atoms with Crippen LogP contribution in [0.2, 0.25) is 18.1 Å². The molecule has 220 valence electrons. The van der Waals surface area contributed by atoms with E-state index in [2.05, 4.69) is 66.8 Å². The normalized spacial score (nSPS) is 29.8. The van der Waals surface area contributed by atoms with Crippen molar-refractivity contribution in [3.05, 3.63) is 23.8 Å². The summed E-state index contributed by atoms with van der Waals surface area (Å²) in [6.07, 6.45) is 4.58. The van der Waals surface area contributed by atoms with Crippen LogP contribution in [0.15, 0.2) is 18.2 Å². The Morgan fingerprint density at radius 2 is 1.79 bits per heavy atom. The zero-order chi connectivity index (χ0) is 28.6. The van der Waals surface area contributed by atoms with Crippen molar-refractivity contribution in [1.29, 1.82) is 0 Å². The standard InChI is InChI=1S/C31H50O5S2Si/c1-20(2)23-13-11-21(3)17-26(23)34-29-24(19-28(32)35-29)31(37-15-10-16-38-31)22-12-14-25(33-7)27(18-22)36-39(8,9)30(4,5)6/h12,14,18,20-21,23-24,26,29H,10-11,13,15-17,19H2,1-9H3/t21-,23+,24-,26-,29-/m1/s1. The van der Waals surface area contributed by atoms with Gasteiger partial charge in [0, 0.05) is 0 Å². The number of cyclic esters (lactones) is 1. The summed E-state index contributed by atoms with van der Waals surface area (Å²) < 4.78 is 25.1. The molecule has 39 heavy (non-hydrogen) atoms. The summed E-state index contributed by atoms with van der Waals surface area (Å²) in [4.78, 5) is 12.9. The molecule has 0 unspecified atom stereocenters. The number of carbonyl (C=O) groups excluding carboxylic acids is 1. The van der Waals surface area contributed by atoms with E-state index in [9.17, 15) is 4.79 Å². The van der Waals surface area contributed by atoms with Gasteiger partial charge in [-0.15, -0.1) is 23.5 Å². The van der Waals surface area contributed by atoms with Crippen LogP contribution in [-0.4, -0.2) is 45.3 Å². The van der Waals surface area contributed by atoms with Gasteiger partial charge in [0.15, 0.2) is 5.75 Å². The van der Waals surface area contributed by atoms with E-state index in [1.54, 1.807) is 7.11 Å². The number of rotatable bonds is 8. The zero-order valence-electron chi connectivity index (χ0n) is 25.5. The van der Waals surface area contributed by atoms with E-state index in [4.69, 9.17) is 18.6 Å². The Kier molecular flexibility index (Phi) is 9.72. The minimum Gasteiger partial charge on any atom is -0.541 e. The lowest BCUT2D eigenvalue weighted by Gasteiger charge is -2.44. The van der Waals surface area contributed by atoms with E-state index in [1.165, 1.54) is 18.4 Å². The van der Waals surface area contributed by atoms with Crippen molar-refractivity contribution in [1.82, 2.24) is 0 Å². The van der Waals surface area contributed by atoms with Crippen LogP contribution in [0.1, 0.15) is 79.2 Å². The van der Waals surface area contributed by atoms with Crippen LogP contribution in [0.25, 0.3) is 0 Å². The van der Waals surface area contributed by atoms with E-state index >= 15 is 0 Å². The quantitative estimate of drug-likeness (QED) is 0.221. The predicted molar refractivity (Wildman–Crippen MR) is 166 cm³/mol.